The van der Waals surface area contributed by atoms with E-state index >= 15 is 0 Å². The van der Waals surface area contributed by atoms with Crippen molar-refractivity contribution in [3.63, 3.8) is 0 Å². The van der Waals surface area contributed by atoms with Gasteiger partial charge in [0.05, 0.1) is 6.54 Å². The van der Waals surface area contributed by atoms with E-state index in [9.17, 15) is 0 Å². The first-order chi connectivity index (χ1) is 8.70. The molecule has 0 aliphatic heterocycles. The molecule has 0 spiro atoms. The highest BCUT2D eigenvalue weighted by molar-refractivity contribution is 7.09. The lowest BCUT2D eigenvalue weighted by Crippen LogP contribution is -2.21. The lowest BCUT2D eigenvalue weighted by molar-refractivity contribution is 0.842. The van der Waals surface area contributed by atoms with Crippen molar-refractivity contribution < 1.29 is 0 Å². The summed E-state index contributed by atoms with van der Waals surface area (Å²) < 4.78 is 0. The van der Waals surface area contributed by atoms with Crippen LogP contribution >= 0.6 is 11.3 Å². The highest BCUT2D eigenvalue weighted by Gasteiger charge is 2.06. The van der Waals surface area contributed by atoms with Gasteiger partial charge in [-0.05, 0) is 42.6 Å². The molecule has 4 heteroatoms. The minimum atomic E-state index is 0.114. The second kappa shape index (κ2) is 5.69. The van der Waals surface area contributed by atoms with Crippen molar-refractivity contribution >= 4 is 22.9 Å². The molecule has 0 aliphatic rings. The molecule has 3 N–H and O–H groups in total. The quantitative estimate of drug-likeness (QED) is 0.640. The molecule has 1 aromatic heterocycles. The van der Waals surface area contributed by atoms with Gasteiger partial charge in [0.15, 0.2) is 0 Å². The van der Waals surface area contributed by atoms with Crippen molar-refractivity contribution in [2.24, 2.45) is 5.73 Å². The summed E-state index contributed by atoms with van der Waals surface area (Å²) >= 11 is 1.77. The van der Waals surface area contributed by atoms with Crippen LogP contribution in [0.25, 0.3) is 0 Å². The number of nitrogens with zero attached hydrogens (tertiary/aromatic N) is 1. The Morgan fingerprint density at radius 1 is 1.28 bits per heavy atom. The summed E-state index contributed by atoms with van der Waals surface area (Å²) in [5, 5.41) is 9.48. The van der Waals surface area contributed by atoms with Gasteiger partial charge in [0.25, 0.3) is 0 Å². The summed E-state index contributed by atoms with van der Waals surface area (Å²) in [5.74, 6) is 0.114. The highest BCUT2D eigenvalue weighted by atomic mass is 32.1. The van der Waals surface area contributed by atoms with E-state index in [0.29, 0.717) is 0 Å². The Labute approximate surface area is 111 Å². The third-order valence-corrected chi connectivity index (χ3v) is 3.71. The van der Waals surface area contributed by atoms with Crippen LogP contribution in [0.3, 0.4) is 0 Å². The Kier molecular flexibility index (Phi) is 3.99. The Morgan fingerprint density at radius 3 is 2.50 bits per heavy atom. The van der Waals surface area contributed by atoms with E-state index in [1.165, 1.54) is 4.88 Å². The Balaban J connectivity index is 2.14. The number of thiophene rings is 1. The summed E-state index contributed by atoms with van der Waals surface area (Å²) in [6.45, 7) is 4.03. The Bertz CT molecular complexity index is 502. The van der Waals surface area contributed by atoms with Gasteiger partial charge in [-0.1, -0.05) is 6.07 Å². The zero-order chi connectivity index (χ0) is 13.0. The van der Waals surface area contributed by atoms with E-state index in [4.69, 9.17) is 11.1 Å². The molecule has 0 radical (unpaired) electrons. The Hall–Kier alpha value is -1.81. The number of hydrogen-bond donors (Lipinski definition) is 2. The molecule has 0 bridgehead atoms. The fraction of sp³-hybridized carbons (Fsp3) is 0.214. The van der Waals surface area contributed by atoms with E-state index in [-0.39, 0.29) is 5.84 Å². The lowest BCUT2D eigenvalue weighted by Gasteiger charge is -2.22. The fourth-order valence-electron chi connectivity index (χ4n) is 1.83. The molecular weight excluding hydrogens is 242 g/mol. The maximum Gasteiger partial charge on any atom is 0.122 e. The summed E-state index contributed by atoms with van der Waals surface area (Å²) in [6.07, 6.45) is 0. The molecule has 0 saturated carbocycles. The van der Waals surface area contributed by atoms with Crippen LogP contribution in [0.4, 0.5) is 5.69 Å². The molecular formula is C14H17N3S. The normalized spacial score (nSPS) is 10.3. The number of rotatable bonds is 5. The minimum absolute atomic E-state index is 0.114. The van der Waals surface area contributed by atoms with Crippen LogP contribution in [-0.2, 0) is 6.54 Å². The molecule has 1 aromatic carbocycles. The predicted octanol–water partition coefficient (Wildman–Crippen LogP) is 3.06. The van der Waals surface area contributed by atoms with Crippen LogP contribution in [-0.4, -0.2) is 12.4 Å². The van der Waals surface area contributed by atoms with Crippen LogP contribution in [0, 0.1) is 5.41 Å². The van der Waals surface area contributed by atoms with E-state index in [1.54, 1.807) is 11.3 Å². The standard InChI is InChI=1S/C14H17N3S/c1-2-17(10-13-4-3-9-18-13)12-7-5-11(6-8-12)14(15)16/h3-9H,2,10H2,1H3,(H3,15,16). The molecule has 2 rings (SSSR count). The largest absolute Gasteiger partial charge is 0.384 e. The SMILES string of the molecule is CCN(Cc1cccs1)c1ccc(C(=N)N)cc1. The van der Waals surface area contributed by atoms with Crippen LogP contribution in [0.2, 0.25) is 0 Å². The van der Waals surface area contributed by atoms with Gasteiger partial charge < -0.3 is 10.6 Å². The smallest absolute Gasteiger partial charge is 0.122 e. The van der Waals surface area contributed by atoms with Crippen molar-refractivity contribution in [2.75, 3.05) is 11.4 Å². The first-order valence-corrected chi connectivity index (χ1v) is 6.80. The molecule has 0 atom stereocenters. The molecule has 0 fully saturated rings. The fourth-order valence-corrected chi connectivity index (χ4v) is 2.55. The van der Waals surface area contributed by atoms with E-state index in [2.05, 4.69) is 29.3 Å². The number of anilines is 1. The predicted molar refractivity (Wildman–Crippen MR) is 78.5 cm³/mol. The molecule has 0 aliphatic carbocycles. The number of nitrogen functional groups attached to an aromatic ring is 1. The average molecular weight is 259 g/mol. The van der Waals surface area contributed by atoms with Crippen LogP contribution in [0.5, 0.6) is 0 Å². The Morgan fingerprint density at radius 2 is 2.00 bits per heavy atom. The van der Waals surface area contributed by atoms with Gasteiger partial charge in [-0.2, -0.15) is 0 Å². The number of benzene rings is 1. The van der Waals surface area contributed by atoms with Gasteiger partial charge in [-0.3, -0.25) is 5.41 Å². The van der Waals surface area contributed by atoms with Crippen molar-refractivity contribution in [3.8, 4) is 0 Å². The molecule has 0 saturated heterocycles. The summed E-state index contributed by atoms with van der Waals surface area (Å²) in [7, 11) is 0. The zero-order valence-corrected chi connectivity index (χ0v) is 11.2. The molecule has 0 amide bonds. The average Bonchev–Trinajstić information content (AvgIpc) is 2.89. The number of hydrogen-bond acceptors (Lipinski definition) is 3. The summed E-state index contributed by atoms with van der Waals surface area (Å²) in [6, 6.07) is 12.1. The van der Waals surface area contributed by atoms with Gasteiger partial charge in [0, 0.05) is 22.7 Å². The first-order valence-electron chi connectivity index (χ1n) is 5.92. The molecule has 94 valence electrons. The topological polar surface area (TPSA) is 53.1 Å². The second-order valence-electron chi connectivity index (χ2n) is 4.05. The first kappa shape index (κ1) is 12.6. The van der Waals surface area contributed by atoms with E-state index in [1.807, 2.05) is 24.3 Å². The van der Waals surface area contributed by atoms with Gasteiger partial charge in [0.1, 0.15) is 5.84 Å². The van der Waals surface area contributed by atoms with E-state index < -0.39 is 0 Å². The minimum Gasteiger partial charge on any atom is -0.384 e. The van der Waals surface area contributed by atoms with Gasteiger partial charge in [0.2, 0.25) is 0 Å². The van der Waals surface area contributed by atoms with E-state index in [0.717, 1.165) is 24.3 Å². The van der Waals surface area contributed by atoms with Gasteiger partial charge >= 0.3 is 0 Å². The summed E-state index contributed by atoms with van der Waals surface area (Å²) in [4.78, 5) is 3.66. The number of nitrogens with one attached hydrogen (secondary N) is 1. The molecule has 1 heterocycles. The maximum absolute atomic E-state index is 7.38. The molecule has 3 nitrogen and oxygen atoms in total. The maximum atomic E-state index is 7.38. The highest BCUT2D eigenvalue weighted by Crippen LogP contribution is 2.19. The van der Waals surface area contributed by atoms with Gasteiger partial charge in [-0.25, -0.2) is 0 Å². The van der Waals surface area contributed by atoms with Crippen molar-refractivity contribution in [1.29, 1.82) is 5.41 Å². The van der Waals surface area contributed by atoms with Crippen LogP contribution in [0.1, 0.15) is 17.4 Å². The third kappa shape index (κ3) is 2.90. The van der Waals surface area contributed by atoms with Crippen LogP contribution in [0.15, 0.2) is 41.8 Å². The molecule has 0 unspecified atom stereocenters. The zero-order valence-electron chi connectivity index (χ0n) is 10.4. The van der Waals surface area contributed by atoms with Gasteiger partial charge in [-0.15, -0.1) is 11.3 Å². The molecule has 2 aromatic rings. The van der Waals surface area contributed by atoms with Crippen molar-refractivity contribution in [2.45, 2.75) is 13.5 Å². The monoisotopic (exact) mass is 259 g/mol. The lowest BCUT2D eigenvalue weighted by atomic mass is 10.2. The second-order valence-corrected chi connectivity index (χ2v) is 5.09. The van der Waals surface area contributed by atoms with Crippen molar-refractivity contribution in [1.82, 2.24) is 0 Å². The van der Waals surface area contributed by atoms with Crippen LogP contribution < -0.4 is 10.6 Å². The summed E-state index contributed by atoms with van der Waals surface area (Å²) in [5.41, 5.74) is 7.39. The third-order valence-electron chi connectivity index (χ3n) is 2.85. The number of nitrogens with two attached hydrogens (primary N) is 1. The number of amidine groups is 1. The van der Waals surface area contributed by atoms with Crippen molar-refractivity contribution in [3.05, 3.63) is 52.2 Å². The molecule has 18 heavy (non-hydrogen) atoms.